The van der Waals surface area contributed by atoms with Gasteiger partial charge in [0.25, 0.3) is 0 Å². The van der Waals surface area contributed by atoms with Crippen molar-refractivity contribution in [3.63, 3.8) is 0 Å². The van der Waals surface area contributed by atoms with Gasteiger partial charge in [-0.3, -0.25) is 0 Å². The predicted molar refractivity (Wildman–Crippen MR) is 49.0 cm³/mol. The molecule has 0 atom stereocenters. The van der Waals surface area contributed by atoms with Gasteiger partial charge >= 0.3 is 0 Å². The Morgan fingerprint density at radius 1 is 1.33 bits per heavy atom. The Bertz CT molecular complexity index is 378. The summed E-state index contributed by atoms with van der Waals surface area (Å²) in [6.45, 7) is 0.904. The quantitative estimate of drug-likeness (QED) is 0.730. The standard InChI is InChI=1S/C10H11NO/c1-11-7-8-2-3-10-9(6-8)4-5-12-10/h2-6,11H,7H2,1H3. The average molecular weight is 161 g/mol. The molecular formula is C10H11NO. The molecule has 12 heavy (non-hydrogen) atoms. The molecule has 2 aromatic rings. The Kier molecular flexibility index (Phi) is 1.84. The van der Waals surface area contributed by atoms with Gasteiger partial charge in [0.15, 0.2) is 0 Å². The Hall–Kier alpha value is -1.28. The lowest BCUT2D eigenvalue weighted by atomic mass is 10.1. The van der Waals surface area contributed by atoms with E-state index in [1.54, 1.807) is 6.26 Å². The van der Waals surface area contributed by atoms with E-state index in [1.807, 2.05) is 19.2 Å². The zero-order valence-electron chi connectivity index (χ0n) is 7.00. The maximum Gasteiger partial charge on any atom is 0.133 e. The van der Waals surface area contributed by atoms with Gasteiger partial charge in [-0.25, -0.2) is 0 Å². The van der Waals surface area contributed by atoms with Gasteiger partial charge < -0.3 is 9.73 Å². The smallest absolute Gasteiger partial charge is 0.133 e. The molecule has 2 rings (SSSR count). The van der Waals surface area contributed by atoms with Crippen LogP contribution in [0, 0.1) is 0 Å². The highest BCUT2D eigenvalue weighted by molar-refractivity contribution is 5.77. The molecule has 0 amide bonds. The lowest BCUT2D eigenvalue weighted by molar-refractivity contribution is 0.615. The molecule has 0 saturated carbocycles. The molecule has 0 saturated heterocycles. The predicted octanol–water partition coefficient (Wildman–Crippen LogP) is 2.15. The van der Waals surface area contributed by atoms with Crippen molar-refractivity contribution in [3.05, 3.63) is 36.1 Å². The summed E-state index contributed by atoms with van der Waals surface area (Å²) in [6.07, 6.45) is 1.72. The van der Waals surface area contributed by atoms with Crippen LogP contribution < -0.4 is 5.32 Å². The van der Waals surface area contributed by atoms with E-state index in [1.165, 1.54) is 10.9 Å². The zero-order chi connectivity index (χ0) is 8.39. The van der Waals surface area contributed by atoms with Gasteiger partial charge in [-0.15, -0.1) is 0 Å². The van der Waals surface area contributed by atoms with Crippen LogP contribution in [-0.2, 0) is 6.54 Å². The number of hydrogen-bond donors (Lipinski definition) is 1. The first kappa shape index (κ1) is 7.37. The van der Waals surface area contributed by atoms with E-state index in [-0.39, 0.29) is 0 Å². The third-order valence-electron chi connectivity index (χ3n) is 1.90. The van der Waals surface area contributed by atoms with Crippen LogP contribution in [0.2, 0.25) is 0 Å². The van der Waals surface area contributed by atoms with E-state index >= 15 is 0 Å². The summed E-state index contributed by atoms with van der Waals surface area (Å²) in [5, 5.41) is 4.28. The molecule has 0 bridgehead atoms. The van der Waals surface area contributed by atoms with E-state index < -0.39 is 0 Å². The first-order chi connectivity index (χ1) is 5.90. The molecular weight excluding hydrogens is 150 g/mol. The van der Waals surface area contributed by atoms with Crippen LogP contribution in [0.4, 0.5) is 0 Å². The molecule has 0 aliphatic rings. The summed E-state index contributed by atoms with van der Waals surface area (Å²) < 4.78 is 5.23. The molecule has 0 spiro atoms. The van der Waals surface area contributed by atoms with Gasteiger partial charge in [0.1, 0.15) is 5.58 Å². The topological polar surface area (TPSA) is 25.2 Å². The first-order valence-electron chi connectivity index (χ1n) is 4.01. The van der Waals surface area contributed by atoms with Crippen molar-refractivity contribution in [1.82, 2.24) is 5.32 Å². The molecule has 1 N–H and O–H groups in total. The van der Waals surface area contributed by atoms with Gasteiger partial charge in [-0.1, -0.05) is 6.07 Å². The van der Waals surface area contributed by atoms with E-state index in [9.17, 15) is 0 Å². The maximum atomic E-state index is 5.23. The van der Waals surface area contributed by atoms with Crippen molar-refractivity contribution in [2.24, 2.45) is 0 Å². The number of furan rings is 1. The van der Waals surface area contributed by atoms with Crippen molar-refractivity contribution in [3.8, 4) is 0 Å². The Morgan fingerprint density at radius 3 is 3.08 bits per heavy atom. The number of rotatable bonds is 2. The molecule has 1 heterocycles. The number of fused-ring (bicyclic) bond motifs is 1. The second-order valence-corrected chi connectivity index (χ2v) is 2.82. The molecule has 62 valence electrons. The van der Waals surface area contributed by atoms with Crippen LogP contribution in [0.1, 0.15) is 5.56 Å². The SMILES string of the molecule is CNCc1ccc2occc2c1. The lowest BCUT2D eigenvalue weighted by Gasteiger charge is -1.98. The molecule has 0 fully saturated rings. The summed E-state index contributed by atoms with van der Waals surface area (Å²) in [5.41, 5.74) is 2.24. The molecule has 1 aromatic heterocycles. The molecule has 0 radical (unpaired) electrons. The number of benzene rings is 1. The third kappa shape index (κ3) is 1.21. The summed E-state index contributed by atoms with van der Waals surface area (Å²) >= 11 is 0. The minimum Gasteiger partial charge on any atom is -0.464 e. The fourth-order valence-electron chi connectivity index (χ4n) is 1.33. The van der Waals surface area contributed by atoms with Crippen LogP contribution in [0.25, 0.3) is 11.0 Å². The molecule has 0 aliphatic carbocycles. The molecule has 1 aromatic carbocycles. The van der Waals surface area contributed by atoms with Crippen molar-refractivity contribution >= 4 is 11.0 Å². The second kappa shape index (κ2) is 2.99. The monoisotopic (exact) mass is 161 g/mol. The van der Waals surface area contributed by atoms with Crippen molar-refractivity contribution in [1.29, 1.82) is 0 Å². The van der Waals surface area contributed by atoms with Crippen molar-refractivity contribution in [2.75, 3.05) is 7.05 Å². The van der Waals surface area contributed by atoms with Gasteiger partial charge in [0.2, 0.25) is 0 Å². The maximum absolute atomic E-state index is 5.23. The summed E-state index contributed by atoms with van der Waals surface area (Å²) in [6, 6.07) is 8.19. The fraction of sp³-hybridized carbons (Fsp3) is 0.200. The van der Waals surface area contributed by atoms with Crippen molar-refractivity contribution < 1.29 is 4.42 Å². The zero-order valence-corrected chi connectivity index (χ0v) is 7.00. The van der Waals surface area contributed by atoms with Crippen LogP contribution in [0.5, 0.6) is 0 Å². The third-order valence-corrected chi connectivity index (χ3v) is 1.90. The van der Waals surface area contributed by atoms with E-state index in [0.29, 0.717) is 0 Å². The average Bonchev–Trinajstić information content (AvgIpc) is 2.51. The van der Waals surface area contributed by atoms with Gasteiger partial charge in [-0.05, 0) is 30.8 Å². The van der Waals surface area contributed by atoms with E-state index in [4.69, 9.17) is 4.42 Å². The second-order valence-electron chi connectivity index (χ2n) is 2.82. The minimum absolute atomic E-state index is 0.904. The van der Waals surface area contributed by atoms with Crippen LogP contribution in [-0.4, -0.2) is 7.05 Å². The fourth-order valence-corrected chi connectivity index (χ4v) is 1.33. The minimum atomic E-state index is 0.904. The largest absolute Gasteiger partial charge is 0.464 e. The van der Waals surface area contributed by atoms with Crippen molar-refractivity contribution in [2.45, 2.75) is 6.54 Å². The van der Waals surface area contributed by atoms with Gasteiger partial charge in [0, 0.05) is 11.9 Å². The molecule has 2 heteroatoms. The van der Waals surface area contributed by atoms with Crippen LogP contribution >= 0.6 is 0 Å². The summed E-state index contributed by atoms with van der Waals surface area (Å²) in [7, 11) is 1.94. The highest BCUT2D eigenvalue weighted by Crippen LogP contribution is 2.16. The first-order valence-corrected chi connectivity index (χ1v) is 4.01. The van der Waals surface area contributed by atoms with Crippen LogP contribution in [0.3, 0.4) is 0 Å². The highest BCUT2D eigenvalue weighted by Gasteiger charge is 1.96. The molecule has 2 nitrogen and oxygen atoms in total. The Balaban J connectivity index is 2.46. The molecule has 0 unspecified atom stereocenters. The highest BCUT2D eigenvalue weighted by atomic mass is 16.3. The molecule has 0 aliphatic heterocycles. The van der Waals surface area contributed by atoms with E-state index in [2.05, 4.69) is 17.4 Å². The van der Waals surface area contributed by atoms with Crippen LogP contribution in [0.15, 0.2) is 34.9 Å². The Morgan fingerprint density at radius 2 is 2.25 bits per heavy atom. The van der Waals surface area contributed by atoms with Gasteiger partial charge in [-0.2, -0.15) is 0 Å². The van der Waals surface area contributed by atoms with E-state index in [0.717, 1.165) is 12.1 Å². The number of hydrogen-bond acceptors (Lipinski definition) is 2. The normalized spacial score (nSPS) is 10.8. The summed E-state index contributed by atoms with van der Waals surface area (Å²) in [4.78, 5) is 0. The lowest BCUT2D eigenvalue weighted by Crippen LogP contribution is -2.04. The van der Waals surface area contributed by atoms with Gasteiger partial charge in [0.05, 0.1) is 6.26 Å². The summed E-state index contributed by atoms with van der Waals surface area (Å²) in [5.74, 6) is 0. The Labute approximate surface area is 71.2 Å². The number of nitrogens with one attached hydrogen (secondary N) is 1.